The molecule has 2 aromatic rings. The maximum Gasteiger partial charge on any atom is 0.185 e. The van der Waals surface area contributed by atoms with Crippen molar-refractivity contribution < 1.29 is 8.42 Å². The highest BCUT2D eigenvalue weighted by molar-refractivity contribution is 7.91. The fourth-order valence-electron chi connectivity index (χ4n) is 2.12. The molecule has 1 heterocycles. The molecule has 21 heavy (non-hydrogen) atoms. The van der Waals surface area contributed by atoms with Crippen LogP contribution in [-0.2, 0) is 16.4 Å². The van der Waals surface area contributed by atoms with E-state index in [1.54, 1.807) is 0 Å². The number of nitrogens with zero attached hydrogens (tertiary/aromatic N) is 2. The molecule has 0 unspecified atom stereocenters. The lowest BCUT2D eigenvalue weighted by atomic mass is 10.2. The molecule has 2 N–H and O–H groups in total. The van der Waals surface area contributed by atoms with Crippen molar-refractivity contribution in [1.82, 2.24) is 4.37 Å². The molecule has 1 aromatic carbocycles. The van der Waals surface area contributed by atoms with Crippen molar-refractivity contribution in [3.05, 3.63) is 35.9 Å². The summed E-state index contributed by atoms with van der Waals surface area (Å²) in [5.41, 5.74) is 6.89. The molecular weight excluding hydrogens is 306 g/mol. The summed E-state index contributed by atoms with van der Waals surface area (Å²) in [5, 5.41) is 0.602. The van der Waals surface area contributed by atoms with E-state index >= 15 is 0 Å². The van der Waals surface area contributed by atoms with E-state index in [-0.39, 0.29) is 16.5 Å². The molecule has 0 spiro atoms. The Hall–Kier alpha value is -1.60. The Balaban J connectivity index is 2.33. The fraction of sp³-hybridized carbons (Fsp3) is 0.357. The Morgan fingerprint density at radius 3 is 2.57 bits per heavy atom. The maximum atomic E-state index is 12.4. The van der Waals surface area contributed by atoms with Gasteiger partial charge in [0.1, 0.15) is 9.90 Å². The van der Waals surface area contributed by atoms with Gasteiger partial charge in [-0.1, -0.05) is 37.3 Å². The van der Waals surface area contributed by atoms with Crippen molar-refractivity contribution in [1.29, 1.82) is 0 Å². The lowest BCUT2D eigenvalue weighted by molar-refractivity contribution is 0.595. The van der Waals surface area contributed by atoms with Gasteiger partial charge in [-0.25, -0.2) is 8.42 Å². The molecular formula is C14H19N3O2S2. The van der Waals surface area contributed by atoms with Crippen LogP contribution >= 0.6 is 11.5 Å². The first-order valence-corrected chi connectivity index (χ1v) is 9.11. The van der Waals surface area contributed by atoms with Crippen molar-refractivity contribution >= 4 is 32.2 Å². The summed E-state index contributed by atoms with van der Waals surface area (Å²) >= 11 is 1.13. The highest BCUT2D eigenvalue weighted by Crippen LogP contribution is 2.35. The molecule has 1 aromatic heterocycles. The number of nitrogen functional groups attached to an aromatic ring is 1. The quantitative estimate of drug-likeness (QED) is 0.883. The van der Waals surface area contributed by atoms with Crippen LogP contribution in [0.25, 0.3) is 0 Å². The van der Waals surface area contributed by atoms with Gasteiger partial charge >= 0.3 is 0 Å². The minimum absolute atomic E-state index is 0.0851. The Morgan fingerprint density at radius 1 is 1.29 bits per heavy atom. The molecule has 7 heteroatoms. The first-order valence-electron chi connectivity index (χ1n) is 6.68. The van der Waals surface area contributed by atoms with Crippen molar-refractivity contribution in [2.45, 2.75) is 24.8 Å². The van der Waals surface area contributed by atoms with Gasteiger partial charge in [-0.3, -0.25) is 0 Å². The predicted molar refractivity (Wildman–Crippen MR) is 87.4 cm³/mol. The van der Waals surface area contributed by atoms with Crippen LogP contribution in [-0.4, -0.2) is 25.6 Å². The average molecular weight is 325 g/mol. The molecule has 114 valence electrons. The summed E-state index contributed by atoms with van der Waals surface area (Å²) in [6, 6.07) is 9.87. The van der Waals surface area contributed by atoms with E-state index in [9.17, 15) is 8.42 Å². The third-order valence-corrected chi connectivity index (χ3v) is 6.13. The van der Waals surface area contributed by atoms with Crippen LogP contribution in [0.2, 0.25) is 0 Å². The first-order chi connectivity index (χ1) is 9.95. The molecule has 0 amide bonds. The minimum atomic E-state index is -3.38. The number of anilines is 2. The highest BCUT2D eigenvalue weighted by atomic mass is 32.2. The zero-order chi connectivity index (χ0) is 15.5. The average Bonchev–Trinajstić information content (AvgIpc) is 2.82. The van der Waals surface area contributed by atoms with Gasteiger partial charge in [0.2, 0.25) is 0 Å². The SMILES string of the molecule is CCCS(=O)(=O)c1c(N)nsc1N(C)Cc1ccccc1. The van der Waals surface area contributed by atoms with Gasteiger partial charge in [0, 0.05) is 13.6 Å². The van der Waals surface area contributed by atoms with Gasteiger partial charge in [0.25, 0.3) is 0 Å². The summed E-state index contributed by atoms with van der Waals surface area (Å²) < 4.78 is 28.7. The van der Waals surface area contributed by atoms with Crippen LogP contribution in [0.3, 0.4) is 0 Å². The van der Waals surface area contributed by atoms with E-state index in [1.165, 1.54) is 0 Å². The number of aromatic nitrogens is 1. The number of hydrogen-bond acceptors (Lipinski definition) is 6. The van der Waals surface area contributed by atoms with Crippen molar-refractivity contribution in [3.63, 3.8) is 0 Å². The Bertz CT molecular complexity index is 696. The Kier molecular flexibility index (Phi) is 4.84. The second-order valence-corrected chi connectivity index (χ2v) is 7.66. The van der Waals surface area contributed by atoms with Crippen LogP contribution in [0.4, 0.5) is 10.8 Å². The highest BCUT2D eigenvalue weighted by Gasteiger charge is 2.26. The van der Waals surface area contributed by atoms with Gasteiger partial charge in [-0.15, -0.1) is 0 Å². The standard InChI is InChI=1S/C14H19N3O2S2/c1-3-9-21(18,19)12-13(15)16-20-14(12)17(2)10-11-7-5-4-6-8-11/h4-8H,3,9-10H2,1-2H3,(H2,15,16). The minimum Gasteiger partial charge on any atom is -0.382 e. The van der Waals surface area contributed by atoms with Gasteiger partial charge in [0.15, 0.2) is 15.7 Å². The molecule has 0 atom stereocenters. The fourth-order valence-corrected chi connectivity index (χ4v) is 4.87. The molecule has 0 aliphatic heterocycles. The second kappa shape index (κ2) is 6.44. The zero-order valence-electron chi connectivity index (χ0n) is 12.1. The molecule has 0 radical (unpaired) electrons. The van der Waals surface area contributed by atoms with Gasteiger partial charge in [-0.05, 0) is 23.5 Å². The van der Waals surface area contributed by atoms with E-state index in [1.807, 2.05) is 49.2 Å². The molecule has 2 rings (SSSR count). The van der Waals surface area contributed by atoms with Crippen LogP contribution in [0.15, 0.2) is 35.2 Å². The van der Waals surface area contributed by atoms with E-state index < -0.39 is 9.84 Å². The van der Waals surface area contributed by atoms with Gasteiger partial charge < -0.3 is 10.6 Å². The molecule has 0 bridgehead atoms. The summed E-state index contributed by atoms with van der Waals surface area (Å²) in [5.74, 6) is 0.185. The number of hydrogen-bond donors (Lipinski definition) is 1. The number of sulfone groups is 1. The maximum absolute atomic E-state index is 12.4. The summed E-state index contributed by atoms with van der Waals surface area (Å²) in [7, 11) is -1.53. The third-order valence-electron chi connectivity index (χ3n) is 3.05. The van der Waals surface area contributed by atoms with Gasteiger partial charge in [0.05, 0.1) is 5.75 Å². The Morgan fingerprint density at radius 2 is 1.95 bits per heavy atom. The lowest BCUT2D eigenvalue weighted by Gasteiger charge is -2.18. The lowest BCUT2D eigenvalue weighted by Crippen LogP contribution is -2.19. The largest absolute Gasteiger partial charge is 0.382 e. The second-order valence-electron chi connectivity index (χ2n) is 4.86. The smallest absolute Gasteiger partial charge is 0.185 e. The summed E-state index contributed by atoms with van der Waals surface area (Å²) in [6.07, 6.45) is 0.555. The third kappa shape index (κ3) is 3.54. The molecule has 0 saturated heterocycles. The zero-order valence-corrected chi connectivity index (χ0v) is 13.7. The van der Waals surface area contributed by atoms with E-state index in [2.05, 4.69) is 4.37 Å². The number of benzene rings is 1. The molecule has 0 aliphatic carbocycles. The van der Waals surface area contributed by atoms with Crippen molar-refractivity contribution in [2.75, 3.05) is 23.4 Å². The van der Waals surface area contributed by atoms with E-state index in [4.69, 9.17) is 5.73 Å². The van der Waals surface area contributed by atoms with Gasteiger partial charge in [-0.2, -0.15) is 4.37 Å². The van der Waals surface area contributed by atoms with Crippen molar-refractivity contribution in [2.24, 2.45) is 0 Å². The van der Waals surface area contributed by atoms with Crippen molar-refractivity contribution in [3.8, 4) is 0 Å². The monoisotopic (exact) mass is 325 g/mol. The van der Waals surface area contributed by atoms with E-state index in [0.29, 0.717) is 18.0 Å². The number of rotatable bonds is 6. The first kappa shape index (κ1) is 15.8. The molecule has 0 saturated carbocycles. The Labute approximate surface area is 129 Å². The summed E-state index contributed by atoms with van der Waals surface area (Å²) in [4.78, 5) is 2.05. The molecule has 0 fully saturated rings. The predicted octanol–water partition coefficient (Wildman–Crippen LogP) is 2.55. The summed E-state index contributed by atoms with van der Waals surface area (Å²) in [6.45, 7) is 2.44. The topological polar surface area (TPSA) is 76.3 Å². The van der Waals surface area contributed by atoms with Crippen LogP contribution in [0.5, 0.6) is 0 Å². The van der Waals surface area contributed by atoms with Crippen LogP contribution in [0, 0.1) is 0 Å². The molecule has 5 nitrogen and oxygen atoms in total. The molecule has 0 aliphatic rings. The number of nitrogens with two attached hydrogens (primary N) is 1. The normalized spacial score (nSPS) is 11.5. The van der Waals surface area contributed by atoms with Crippen LogP contribution < -0.4 is 10.6 Å². The van der Waals surface area contributed by atoms with Crippen LogP contribution in [0.1, 0.15) is 18.9 Å². The van der Waals surface area contributed by atoms with E-state index in [0.717, 1.165) is 17.1 Å².